The molecule has 8 amide bonds. The van der Waals surface area contributed by atoms with E-state index in [2.05, 4.69) is 31.9 Å². The van der Waals surface area contributed by atoms with Crippen LogP contribution in [0.25, 0.3) is 11.1 Å². The SMILES string of the molecule is COc1ccc(COC(=O)N(C)[C@H](CC(C)C)C(=O)NC2C(=O)NC(CC(N)=O)C(=O)NC3C(=O)N[C@H]4C(=O)N[C@H](C(=O)NC(C(=O)O)c5cc(O)cc(O)c5-c5cc4ccc5O)[C@H](O[C@H]4CC(C)(N)[C@@H](O)C(C)O4)c4ccc(c(Cl)c4)Oc4cc3cc(c4O[C@@H]3O[C@H](CO)C(O)[C@H](O)C3O)Oc3ccc(cc3Cl)C2O)cc1. The van der Waals surface area contributed by atoms with Gasteiger partial charge in [0.1, 0.15) is 114 Å². The van der Waals surface area contributed by atoms with Crippen molar-refractivity contribution in [2.45, 2.75) is 163 Å². The molecule has 18 atom stereocenters. The highest BCUT2D eigenvalue weighted by Crippen LogP contribution is 2.50. The highest BCUT2D eigenvalue weighted by molar-refractivity contribution is 6.32. The number of hydrogen-bond acceptors (Lipinski definition) is 27. The zero-order chi connectivity index (χ0) is 82.1. The number of aliphatic carboxylic acids is 1. The Bertz CT molecular complexity index is 4670. The maximum absolute atomic E-state index is 16.3. The van der Waals surface area contributed by atoms with Crippen LogP contribution >= 0.6 is 23.2 Å². The number of primary amides is 1. The fourth-order valence-electron chi connectivity index (χ4n) is 13.6. The lowest BCUT2D eigenvalue weighted by molar-refractivity contribution is -0.277. The second-order valence-corrected chi connectivity index (χ2v) is 29.2. The summed E-state index contributed by atoms with van der Waals surface area (Å²) >= 11 is 14.3. The molecule has 0 radical (unpaired) electrons. The minimum atomic E-state index is -2.41. The molecular formula is C75H83Cl2N9O27. The third-order valence-corrected chi connectivity index (χ3v) is 20.3. The van der Waals surface area contributed by atoms with Crippen molar-refractivity contribution >= 4 is 76.6 Å². The van der Waals surface area contributed by atoms with Crippen LogP contribution in [-0.2, 0) is 63.9 Å². The molecule has 7 heterocycles. The summed E-state index contributed by atoms with van der Waals surface area (Å²) in [7, 11) is 2.71. The number of aromatic hydroxyl groups is 3. The summed E-state index contributed by atoms with van der Waals surface area (Å²) < 4.78 is 48.9. The monoisotopic (exact) mass is 1610 g/mol. The first kappa shape index (κ1) is 83.1. The average Bonchev–Trinajstić information content (AvgIpc) is 0.768. The van der Waals surface area contributed by atoms with Gasteiger partial charge in [0.15, 0.2) is 23.8 Å². The van der Waals surface area contributed by atoms with Gasteiger partial charge >= 0.3 is 12.1 Å². The standard InChI is InChI=1S/C75H83Cl2N9O27/c1-29(2)17-43(86(5)74(105)107-28-31-7-12-37(106-6)13-8-31)67(98)84-57-59(92)33-10-15-46(40(76)19-33)109-48-21-35-22-49(64(48)113-73-62(95)61(94)60(93)50(27-87)111-73)110-47-16-11-34(20-41(47)77)63(112-52-26-75(4,79)65(96)30(3)108-52)58-71(102)83-56(72(103)104)39-23-36(88)24-45(90)53(39)38-18-32(9-14-44(38)89)54(68(99)85-58)82-69(100)55(35)81-66(97)42(25-51(78)91)80-70(57)101/h7-16,18-24,29-30,42-43,50,52,54-63,65,73,87-90,92-96H,17,25-28,79H2,1-6H3,(H2,78,91)(H,80,101)(H,81,97)(H,82,100)(H,83,102)(H,84,98)(H,85,99)(H,103,104)/t30?,42?,43-,50-,52+,54-,55?,56?,57?,58+,59?,60?,61+,62?,63-,65+,73+,75?/m1/s1. The molecule has 38 heteroatoms. The summed E-state index contributed by atoms with van der Waals surface area (Å²) in [5.41, 5.74) is 8.51. The van der Waals surface area contributed by atoms with Crippen molar-refractivity contribution in [1.29, 1.82) is 0 Å². The van der Waals surface area contributed by atoms with Gasteiger partial charge < -0.3 is 132 Å². The molecule has 0 saturated carbocycles. The van der Waals surface area contributed by atoms with Crippen molar-refractivity contribution in [1.82, 2.24) is 36.8 Å². The average molecular weight is 1610 g/mol. The minimum Gasteiger partial charge on any atom is -0.508 e. The van der Waals surface area contributed by atoms with Crippen molar-refractivity contribution in [3.05, 3.63) is 147 Å². The number of amides is 8. The number of carbonyl (C=O) groups excluding carboxylic acids is 8. The highest BCUT2D eigenvalue weighted by atomic mass is 35.5. The maximum Gasteiger partial charge on any atom is 0.410 e. The minimum absolute atomic E-state index is 0.0966. The van der Waals surface area contributed by atoms with Gasteiger partial charge in [-0.05, 0) is 121 Å². The Balaban J connectivity index is 1.12. The lowest BCUT2D eigenvalue weighted by Gasteiger charge is -2.44. The summed E-state index contributed by atoms with van der Waals surface area (Å²) in [6.07, 6.45) is -20.8. The number of likely N-dealkylation sites (N-methyl/N-ethyl adjacent to an activating group) is 1. The Morgan fingerprint density at radius 2 is 1.33 bits per heavy atom. The molecule has 13 rings (SSSR count). The maximum atomic E-state index is 16.3. The van der Waals surface area contributed by atoms with Crippen LogP contribution in [0.15, 0.2) is 103 Å². The summed E-state index contributed by atoms with van der Waals surface area (Å²) in [5.74, 6) is -16.6. The molecule has 7 aliphatic heterocycles. The number of aliphatic hydroxyl groups is 6. The van der Waals surface area contributed by atoms with Gasteiger partial charge in [0, 0.05) is 41.8 Å². The highest BCUT2D eigenvalue weighted by Gasteiger charge is 2.49. The molecule has 7 aliphatic rings. The Morgan fingerprint density at radius 3 is 1.94 bits per heavy atom. The fraction of sp³-hybridized carbons (Fsp3) is 0.400. The number of carboxylic acid groups (broad SMARTS) is 1. The number of carbonyl (C=O) groups is 9. The summed E-state index contributed by atoms with van der Waals surface area (Å²) in [6, 6.07) is 4.87. The summed E-state index contributed by atoms with van der Waals surface area (Å²) in [6.45, 7) is 5.09. The number of halogens is 2. The number of aliphatic hydroxyl groups excluding tert-OH is 6. The molecule has 0 spiro atoms. The Hall–Kier alpha value is -10.9. The molecular weight excluding hydrogens is 1530 g/mol. The van der Waals surface area contributed by atoms with Crippen LogP contribution in [0.5, 0.6) is 51.7 Å². The summed E-state index contributed by atoms with van der Waals surface area (Å²) in [4.78, 5) is 135. The first-order valence-corrected chi connectivity index (χ1v) is 36.0. The van der Waals surface area contributed by atoms with Gasteiger partial charge in [-0.15, -0.1) is 0 Å². The first-order valence-electron chi connectivity index (χ1n) is 35.2. The van der Waals surface area contributed by atoms with Crippen LogP contribution in [0.2, 0.25) is 10.0 Å². The van der Waals surface area contributed by atoms with E-state index in [9.17, 15) is 70.2 Å². The fourth-order valence-corrected chi connectivity index (χ4v) is 14.1. The van der Waals surface area contributed by atoms with Crippen molar-refractivity contribution in [2.24, 2.45) is 17.4 Å². The van der Waals surface area contributed by atoms with Crippen LogP contribution in [0, 0.1) is 5.92 Å². The molecule has 0 aliphatic carbocycles. The van der Waals surface area contributed by atoms with Gasteiger partial charge in [-0.25, -0.2) is 9.59 Å². The lowest BCUT2D eigenvalue weighted by atomic mass is 9.86. The van der Waals surface area contributed by atoms with E-state index in [4.69, 9.17) is 72.6 Å². The molecule has 36 nitrogen and oxygen atoms in total. The number of fused-ring (bicyclic) bond motifs is 15. The number of ether oxygens (including phenoxy) is 8. The second kappa shape index (κ2) is 34.2. The number of benzene rings is 6. The molecule has 11 bridgehead atoms. The Morgan fingerprint density at radius 1 is 0.708 bits per heavy atom. The molecule has 6 aromatic carbocycles. The molecule has 9 unspecified atom stereocenters. The van der Waals surface area contributed by atoms with E-state index >= 15 is 24.0 Å². The van der Waals surface area contributed by atoms with E-state index < -0.39 is 254 Å². The van der Waals surface area contributed by atoms with Crippen LogP contribution in [0.1, 0.15) is 111 Å². The molecule has 2 fully saturated rings. The third-order valence-electron chi connectivity index (χ3n) is 19.7. The van der Waals surface area contributed by atoms with E-state index in [1.807, 2.05) is 0 Å². The van der Waals surface area contributed by atoms with Crippen molar-refractivity contribution < 1.29 is 132 Å². The molecule has 113 heavy (non-hydrogen) atoms. The zero-order valence-corrected chi connectivity index (χ0v) is 62.5. The van der Waals surface area contributed by atoms with Gasteiger partial charge in [-0.3, -0.25) is 38.5 Å². The molecule has 20 N–H and O–H groups in total. The van der Waals surface area contributed by atoms with Gasteiger partial charge in [0.2, 0.25) is 53.4 Å². The van der Waals surface area contributed by atoms with Gasteiger partial charge in [0.25, 0.3) is 0 Å². The number of phenols is 3. The summed E-state index contributed by atoms with van der Waals surface area (Å²) in [5, 5.41) is 127. The van der Waals surface area contributed by atoms with Gasteiger partial charge in [-0.2, -0.15) is 0 Å². The molecule has 2 saturated heterocycles. The smallest absolute Gasteiger partial charge is 0.410 e. The van der Waals surface area contributed by atoms with Crippen molar-refractivity contribution in [3.8, 4) is 62.9 Å². The van der Waals surface area contributed by atoms with Crippen LogP contribution in [-0.4, -0.2) is 209 Å². The first-order chi connectivity index (χ1) is 53.4. The lowest BCUT2D eigenvalue weighted by Crippen LogP contribution is -2.61. The normalized spacial score (nSPS) is 27.4. The number of hydrogen-bond donors (Lipinski definition) is 18. The number of nitrogens with zero attached hydrogens (tertiary/aromatic N) is 1. The Labute approximate surface area is 653 Å². The van der Waals surface area contributed by atoms with E-state index in [-0.39, 0.29) is 42.1 Å². The van der Waals surface area contributed by atoms with Gasteiger partial charge in [-0.1, -0.05) is 67.4 Å². The Kier molecular flexibility index (Phi) is 25.2. The van der Waals surface area contributed by atoms with E-state index in [1.54, 1.807) is 38.1 Å². The number of nitrogens with two attached hydrogens (primary N) is 2. The second-order valence-electron chi connectivity index (χ2n) is 28.4. The molecule has 6 aromatic rings. The number of carboxylic acids is 1. The largest absolute Gasteiger partial charge is 0.508 e. The van der Waals surface area contributed by atoms with Crippen molar-refractivity contribution in [2.75, 3.05) is 20.8 Å². The van der Waals surface area contributed by atoms with E-state index in [1.165, 1.54) is 34.1 Å². The van der Waals surface area contributed by atoms with Crippen molar-refractivity contribution in [3.63, 3.8) is 0 Å². The molecule has 604 valence electrons. The zero-order valence-electron chi connectivity index (χ0n) is 61.0. The van der Waals surface area contributed by atoms with Crippen LogP contribution in [0.4, 0.5) is 4.79 Å². The number of nitrogens with one attached hydrogen (secondary N) is 6. The van der Waals surface area contributed by atoms with Gasteiger partial charge in [0.05, 0.1) is 42.4 Å². The topological polar surface area (TPSA) is 557 Å². The van der Waals surface area contributed by atoms with E-state index in [0.29, 0.717) is 11.3 Å². The number of methoxy groups -OCH3 is 1. The number of rotatable bonds is 16. The number of phenolic OH excluding ortho intramolecular Hbond substituents is 3. The molecule has 0 aromatic heterocycles. The predicted octanol–water partition coefficient (Wildman–Crippen LogP) is 2.16. The third kappa shape index (κ3) is 18.1. The predicted molar refractivity (Wildman–Crippen MR) is 391 cm³/mol. The van der Waals surface area contributed by atoms with Crippen LogP contribution < -0.4 is 62.3 Å². The van der Waals surface area contributed by atoms with Crippen LogP contribution in [0.3, 0.4) is 0 Å². The van der Waals surface area contributed by atoms with E-state index in [0.717, 1.165) is 77.7 Å². The quantitative estimate of drug-likeness (QED) is 0.0660.